The fraction of sp³-hybridized carbons (Fsp3) is 0.350. The lowest BCUT2D eigenvalue weighted by Gasteiger charge is -2.30. The van der Waals surface area contributed by atoms with Crippen LogP contribution in [0, 0.1) is 11.7 Å². The Balaban J connectivity index is 1.65. The number of rotatable bonds is 4. The monoisotopic (exact) mass is 355 g/mol. The highest BCUT2D eigenvalue weighted by Gasteiger charge is 2.23. The Labute approximate surface area is 152 Å². The molecule has 0 radical (unpaired) electrons. The van der Waals surface area contributed by atoms with Gasteiger partial charge in [0.25, 0.3) is 11.8 Å². The van der Waals surface area contributed by atoms with Crippen molar-refractivity contribution in [3.8, 4) is 0 Å². The Morgan fingerprint density at radius 3 is 2.69 bits per heavy atom. The molecule has 1 fully saturated rings. The van der Waals surface area contributed by atoms with Gasteiger partial charge >= 0.3 is 0 Å². The van der Waals surface area contributed by atoms with Crippen molar-refractivity contribution < 1.29 is 14.0 Å². The molecule has 1 aliphatic rings. The van der Waals surface area contributed by atoms with Crippen molar-refractivity contribution in [1.29, 1.82) is 0 Å². The number of amides is 2. The summed E-state index contributed by atoms with van der Waals surface area (Å²) in [6.07, 6.45) is 3.42. The molecule has 5 nitrogen and oxygen atoms in total. The molecule has 3 rings (SSSR count). The number of hydrogen-bond donors (Lipinski definition) is 1. The molecule has 0 unspecified atom stereocenters. The first-order chi connectivity index (χ1) is 12.5. The maximum absolute atomic E-state index is 13.6. The second kappa shape index (κ2) is 8.08. The van der Waals surface area contributed by atoms with Gasteiger partial charge in [0.2, 0.25) is 0 Å². The van der Waals surface area contributed by atoms with Crippen molar-refractivity contribution in [1.82, 2.24) is 15.2 Å². The SMILES string of the molecule is CC1CCN(C(=O)c2cc(C(=O)NCc3ccccc3F)ccn2)CC1. The Morgan fingerprint density at radius 2 is 1.96 bits per heavy atom. The number of nitrogens with zero attached hydrogens (tertiary/aromatic N) is 2. The minimum Gasteiger partial charge on any atom is -0.348 e. The molecule has 1 aliphatic heterocycles. The number of halogens is 1. The second-order valence-corrected chi connectivity index (χ2v) is 6.68. The Bertz CT molecular complexity index is 801. The Hall–Kier alpha value is -2.76. The van der Waals surface area contributed by atoms with E-state index in [1.807, 2.05) is 0 Å². The van der Waals surface area contributed by atoms with Crippen LogP contribution in [-0.4, -0.2) is 34.8 Å². The number of hydrogen-bond acceptors (Lipinski definition) is 3. The molecule has 1 aromatic heterocycles. The summed E-state index contributed by atoms with van der Waals surface area (Å²) in [5, 5.41) is 2.68. The maximum Gasteiger partial charge on any atom is 0.272 e. The summed E-state index contributed by atoms with van der Waals surface area (Å²) in [4.78, 5) is 30.8. The third-order valence-electron chi connectivity index (χ3n) is 4.71. The van der Waals surface area contributed by atoms with Crippen LogP contribution in [0.3, 0.4) is 0 Å². The van der Waals surface area contributed by atoms with Crippen LogP contribution >= 0.6 is 0 Å². The third-order valence-corrected chi connectivity index (χ3v) is 4.71. The predicted octanol–water partition coefficient (Wildman–Crippen LogP) is 3.02. The van der Waals surface area contributed by atoms with Crippen LogP contribution in [0.2, 0.25) is 0 Å². The Morgan fingerprint density at radius 1 is 1.23 bits per heavy atom. The molecule has 2 heterocycles. The van der Waals surface area contributed by atoms with E-state index in [4.69, 9.17) is 0 Å². The van der Waals surface area contributed by atoms with Crippen molar-refractivity contribution in [3.05, 3.63) is 65.2 Å². The molecule has 1 N–H and O–H groups in total. The van der Waals surface area contributed by atoms with E-state index in [0.29, 0.717) is 30.1 Å². The zero-order chi connectivity index (χ0) is 18.5. The zero-order valence-corrected chi connectivity index (χ0v) is 14.7. The average molecular weight is 355 g/mol. The van der Waals surface area contributed by atoms with Gasteiger partial charge in [0.1, 0.15) is 11.5 Å². The first-order valence-corrected chi connectivity index (χ1v) is 8.81. The minimum absolute atomic E-state index is 0.0844. The molecular formula is C20H22FN3O2. The maximum atomic E-state index is 13.6. The van der Waals surface area contributed by atoms with E-state index in [1.54, 1.807) is 29.2 Å². The van der Waals surface area contributed by atoms with E-state index in [1.165, 1.54) is 18.3 Å². The topological polar surface area (TPSA) is 62.3 Å². The largest absolute Gasteiger partial charge is 0.348 e. The van der Waals surface area contributed by atoms with Gasteiger partial charge in [-0.3, -0.25) is 14.6 Å². The summed E-state index contributed by atoms with van der Waals surface area (Å²) in [5.41, 5.74) is 1.01. The van der Waals surface area contributed by atoms with Gasteiger partial charge in [-0.1, -0.05) is 25.1 Å². The molecule has 2 amide bonds. The molecule has 0 spiro atoms. The Kier molecular flexibility index (Phi) is 5.61. The van der Waals surface area contributed by atoms with Crippen LogP contribution in [0.25, 0.3) is 0 Å². The van der Waals surface area contributed by atoms with Crippen LogP contribution in [0.4, 0.5) is 4.39 Å². The van der Waals surface area contributed by atoms with Crippen molar-refractivity contribution in [2.45, 2.75) is 26.3 Å². The molecule has 136 valence electrons. The summed E-state index contributed by atoms with van der Waals surface area (Å²) in [6, 6.07) is 9.33. The number of carbonyl (C=O) groups excluding carboxylic acids is 2. The normalized spacial score (nSPS) is 14.9. The highest BCUT2D eigenvalue weighted by molar-refractivity contribution is 5.98. The van der Waals surface area contributed by atoms with Gasteiger partial charge < -0.3 is 10.2 Å². The van der Waals surface area contributed by atoms with Gasteiger partial charge in [-0.25, -0.2) is 4.39 Å². The van der Waals surface area contributed by atoms with Gasteiger partial charge in [0.05, 0.1) is 0 Å². The van der Waals surface area contributed by atoms with Crippen LogP contribution in [-0.2, 0) is 6.54 Å². The van der Waals surface area contributed by atoms with E-state index in [0.717, 1.165) is 12.8 Å². The number of carbonyl (C=O) groups is 2. The van der Waals surface area contributed by atoms with Crippen molar-refractivity contribution in [3.63, 3.8) is 0 Å². The van der Waals surface area contributed by atoms with Crippen molar-refractivity contribution in [2.24, 2.45) is 5.92 Å². The number of benzene rings is 1. The molecule has 1 saturated heterocycles. The molecule has 0 saturated carbocycles. The number of aromatic nitrogens is 1. The molecule has 26 heavy (non-hydrogen) atoms. The highest BCUT2D eigenvalue weighted by Crippen LogP contribution is 2.18. The van der Waals surface area contributed by atoms with Gasteiger partial charge in [-0.05, 0) is 37.0 Å². The number of piperidine rings is 1. The van der Waals surface area contributed by atoms with E-state index < -0.39 is 0 Å². The lowest BCUT2D eigenvalue weighted by Crippen LogP contribution is -2.38. The number of nitrogens with one attached hydrogen (secondary N) is 1. The second-order valence-electron chi connectivity index (χ2n) is 6.68. The van der Waals surface area contributed by atoms with Crippen molar-refractivity contribution >= 4 is 11.8 Å². The van der Waals surface area contributed by atoms with E-state index in [2.05, 4.69) is 17.2 Å². The fourth-order valence-electron chi connectivity index (χ4n) is 2.98. The third kappa shape index (κ3) is 4.25. The van der Waals surface area contributed by atoms with Crippen LogP contribution < -0.4 is 5.32 Å². The molecule has 2 aromatic rings. The van der Waals surface area contributed by atoms with Crippen LogP contribution in [0.5, 0.6) is 0 Å². The van der Waals surface area contributed by atoms with Crippen LogP contribution in [0.15, 0.2) is 42.6 Å². The minimum atomic E-state index is -0.364. The van der Waals surface area contributed by atoms with Gasteiger partial charge in [0, 0.05) is 37.0 Å². The zero-order valence-electron chi connectivity index (χ0n) is 14.7. The molecule has 1 aromatic carbocycles. The first kappa shape index (κ1) is 18.0. The predicted molar refractivity (Wildman–Crippen MR) is 96.1 cm³/mol. The van der Waals surface area contributed by atoms with Crippen molar-refractivity contribution in [2.75, 3.05) is 13.1 Å². The lowest BCUT2D eigenvalue weighted by atomic mass is 9.99. The first-order valence-electron chi connectivity index (χ1n) is 8.81. The molecule has 6 heteroatoms. The summed E-state index contributed by atoms with van der Waals surface area (Å²) in [6.45, 7) is 3.69. The standard InChI is InChI=1S/C20H22FN3O2/c1-14-7-10-24(11-8-14)20(26)18-12-15(6-9-22-18)19(25)23-13-16-4-2-3-5-17(16)21/h2-6,9,12,14H,7-8,10-11,13H2,1H3,(H,23,25). The summed E-state index contributed by atoms with van der Waals surface area (Å²) >= 11 is 0. The van der Waals surface area contributed by atoms with Gasteiger partial charge in [-0.15, -0.1) is 0 Å². The lowest BCUT2D eigenvalue weighted by molar-refractivity contribution is 0.0691. The number of likely N-dealkylation sites (tertiary alicyclic amines) is 1. The smallest absolute Gasteiger partial charge is 0.272 e. The van der Waals surface area contributed by atoms with Gasteiger partial charge in [-0.2, -0.15) is 0 Å². The molecule has 0 bridgehead atoms. The average Bonchev–Trinajstić information content (AvgIpc) is 2.67. The molecule has 0 atom stereocenters. The fourth-order valence-corrected chi connectivity index (χ4v) is 2.98. The quantitative estimate of drug-likeness (QED) is 0.917. The molecular weight excluding hydrogens is 333 g/mol. The summed E-state index contributed by atoms with van der Waals surface area (Å²) < 4.78 is 13.6. The summed E-state index contributed by atoms with van der Waals surface area (Å²) in [7, 11) is 0. The summed E-state index contributed by atoms with van der Waals surface area (Å²) in [5.74, 6) is -0.252. The highest BCUT2D eigenvalue weighted by atomic mass is 19.1. The van der Waals surface area contributed by atoms with Gasteiger partial charge in [0.15, 0.2) is 0 Å². The van der Waals surface area contributed by atoms with E-state index >= 15 is 0 Å². The number of pyridine rings is 1. The molecule has 0 aliphatic carbocycles. The van der Waals surface area contributed by atoms with E-state index in [-0.39, 0.29) is 29.9 Å². The van der Waals surface area contributed by atoms with E-state index in [9.17, 15) is 14.0 Å². The van der Waals surface area contributed by atoms with Crippen LogP contribution in [0.1, 0.15) is 46.2 Å².